The van der Waals surface area contributed by atoms with Gasteiger partial charge in [0.15, 0.2) is 0 Å². The Morgan fingerprint density at radius 1 is 1.24 bits per heavy atom. The van der Waals surface area contributed by atoms with Gasteiger partial charge in [0, 0.05) is 13.1 Å². The lowest BCUT2D eigenvalue weighted by molar-refractivity contribution is 0.319. The van der Waals surface area contributed by atoms with Crippen LogP contribution < -0.4 is 5.73 Å². The van der Waals surface area contributed by atoms with Crippen molar-refractivity contribution >= 4 is 17.0 Å². The Hall–Kier alpha value is -1.52. The van der Waals surface area contributed by atoms with E-state index in [2.05, 4.69) is 28.8 Å². The van der Waals surface area contributed by atoms with Crippen molar-refractivity contribution in [2.24, 2.45) is 0 Å². The summed E-state index contributed by atoms with van der Waals surface area (Å²) in [5.41, 5.74) is 8.53. The molecular formula is C13H16N2OS. The first-order valence-electron chi connectivity index (χ1n) is 5.42. The zero-order valence-electron chi connectivity index (χ0n) is 9.76. The maximum Gasteiger partial charge on any atom is 0.138 e. The van der Waals surface area contributed by atoms with E-state index in [4.69, 9.17) is 5.73 Å². The van der Waals surface area contributed by atoms with E-state index in [0.717, 1.165) is 18.7 Å². The van der Waals surface area contributed by atoms with Gasteiger partial charge in [-0.3, -0.25) is 4.90 Å². The van der Waals surface area contributed by atoms with Crippen molar-refractivity contribution in [2.75, 3.05) is 12.8 Å². The topological polar surface area (TPSA) is 49.5 Å². The summed E-state index contributed by atoms with van der Waals surface area (Å²) in [6.45, 7) is 1.74. The number of nitrogens with zero attached hydrogens (tertiary/aromatic N) is 1. The van der Waals surface area contributed by atoms with Gasteiger partial charge in [0.1, 0.15) is 5.75 Å². The number of benzene rings is 1. The van der Waals surface area contributed by atoms with Crippen LogP contribution in [0.1, 0.15) is 11.1 Å². The van der Waals surface area contributed by atoms with E-state index in [0.29, 0.717) is 5.69 Å². The van der Waals surface area contributed by atoms with E-state index in [9.17, 15) is 5.11 Å². The maximum absolute atomic E-state index is 9.35. The van der Waals surface area contributed by atoms with E-state index >= 15 is 0 Å². The SMILES string of the molecule is CN(Cc1ccsc1)Cc1ccc(O)c(N)c1. The van der Waals surface area contributed by atoms with Crippen molar-refractivity contribution in [3.05, 3.63) is 46.2 Å². The van der Waals surface area contributed by atoms with Crippen LogP contribution in [0.5, 0.6) is 5.75 Å². The van der Waals surface area contributed by atoms with Crippen molar-refractivity contribution in [3.63, 3.8) is 0 Å². The van der Waals surface area contributed by atoms with Crippen molar-refractivity contribution in [3.8, 4) is 5.75 Å². The third-order valence-corrected chi connectivity index (χ3v) is 3.31. The van der Waals surface area contributed by atoms with Gasteiger partial charge in [-0.25, -0.2) is 0 Å². The van der Waals surface area contributed by atoms with Gasteiger partial charge in [-0.1, -0.05) is 6.07 Å². The van der Waals surface area contributed by atoms with E-state index in [-0.39, 0.29) is 5.75 Å². The molecule has 0 aliphatic rings. The Morgan fingerprint density at radius 2 is 2.00 bits per heavy atom. The summed E-state index contributed by atoms with van der Waals surface area (Å²) in [7, 11) is 2.07. The van der Waals surface area contributed by atoms with Gasteiger partial charge in [0.2, 0.25) is 0 Å². The third-order valence-electron chi connectivity index (χ3n) is 2.58. The highest BCUT2D eigenvalue weighted by molar-refractivity contribution is 7.07. The quantitative estimate of drug-likeness (QED) is 0.646. The number of aromatic hydroxyl groups is 1. The Bertz CT molecular complexity index is 482. The monoisotopic (exact) mass is 248 g/mol. The van der Waals surface area contributed by atoms with E-state index < -0.39 is 0 Å². The molecule has 0 radical (unpaired) electrons. The fourth-order valence-corrected chi connectivity index (χ4v) is 2.42. The molecule has 2 rings (SSSR count). The molecule has 90 valence electrons. The normalized spacial score (nSPS) is 10.9. The molecule has 17 heavy (non-hydrogen) atoms. The molecule has 4 heteroatoms. The first kappa shape index (κ1) is 12.0. The number of phenols is 1. The molecule has 0 aliphatic carbocycles. The van der Waals surface area contributed by atoms with E-state index in [1.54, 1.807) is 17.4 Å². The molecule has 0 atom stereocenters. The smallest absolute Gasteiger partial charge is 0.138 e. The second kappa shape index (κ2) is 5.21. The molecule has 3 nitrogen and oxygen atoms in total. The zero-order valence-corrected chi connectivity index (χ0v) is 10.6. The standard InChI is InChI=1S/C13H16N2OS/c1-15(8-11-4-5-17-9-11)7-10-2-3-13(16)12(14)6-10/h2-6,9,16H,7-8,14H2,1H3. The van der Waals surface area contributed by atoms with Gasteiger partial charge in [0.25, 0.3) is 0 Å². The fraction of sp³-hybridized carbons (Fsp3) is 0.231. The van der Waals surface area contributed by atoms with Gasteiger partial charge in [-0.15, -0.1) is 0 Å². The number of anilines is 1. The van der Waals surface area contributed by atoms with E-state index in [1.807, 2.05) is 12.1 Å². The highest BCUT2D eigenvalue weighted by atomic mass is 32.1. The Morgan fingerprint density at radius 3 is 2.65 bits per heavy atom. The summed E-state index contributed by atoms with van der Waals surface area (Å²) < 4.78 is 0. The zero-order chi connectivity index (χ0) is 12.3. The predicted octanol–water partition coefficient (Wildman–Crippen LogP) is 2.67. The van der Waals surface area contributed by atoms with Crippen LogP contribution in [0, 0.1) is 0 Å². The number of thiophene rings is 1. The lowest BCUT2D eigenvalue weighted by atomic mass is 10.1. The molecule has 0 amide bonds. The Labute approximate surface area is 105 Å². The van der Waals surface area contributed by atoms with Gasteiger partial charge in [0.05, 0.1) is 5.69 Å². The van der Waals surface area contributed by atoms with Crippen LogP contribution in [0.3, 0.4) is 0 Å². The minimum Gasteiger partial charge on any atom is -0.506 e. The largest absolute Gasteiger partial charge is 0.506 e. The molecule has 0 fully saturated rings. The molecule has 3 N–H and O–H groups in total. The first-order valence-corrected chi connectivity index (χ1v) is 6.36. The van der Waals surface area contributed by atoms with Crippen molar-refractivity contribution in [1.29, 1.82) is 0 Å². The second-order valence-corrected chi connectivity index (χ2v) is 4.98. The molecule has 1 aromatic heterocycles. The number of rotatable bonds is 4. The minimum absolute atomic E-state index is 0.147. The molecule has 0 bridgehead atoms. The van der Waals surface area contributed by atoms with Crippen LogP contribution in [-0.4, -0.2) is 17.1 Å². The molecule has 1 aromatic carbocycles. The highest BCUT2D eigenvalue weighted by Crippen LogP contribution is 2.21. The second-order valence-electron chi connectivity index (χ2n) is 4.20. The number of nitrogen functional groups attached to an aromatic ring is 1. The number of nitrogens with two attached hydrogens (primary N) is 1. The predicted molar refractivity (Wildman–Crippen MR) is 72.0 cm³/mol. The van der Waals surface area contributed by atoms with Crippen LogP contribution in [0.4, 0.5) is 5.69 Å². The Kier molecular flexibility index (Phi) is 3.66. The molecule has 2 aromatic rings. The van der Waals surface area contributed by atoms with Gasteiger partial charge >= 0.3 is 0 Å². The van der Waals surface area contributed by atoms with Crippen LogP contribution in [-0.2, 0) is 13.1 Å². The average molecular weight is 248 g/mol. The van der Waals surface area contributed by atoms with E-state index in [1.165, 1.54) is 5.56 Å². The molecule has 0 spiro atoms. The van der Waals surface area contributed by atoms with Gasteiger partial charge in [-0.05, 0) is 47.1 Å². The fourth-order valence-electron chi connectivity index (χ4n) is 1.76. The summed E-state index contributed by atoms with van der Waals surface area (Å²) >= 11 is 1.71. The molecule has 0 saturated carbocycles. The lowest BCUT2D eigenvalue weighted by Gasteiger charge is -2.16. The number of hydrogen-bond acceptors (Lipinski definition) is 4. The van der Waals surface area contributed by atoms with Crippen molar-refractivity contribution < 1.29 is 5.11 Å². The minimum atomic E-state index is 0.147. The van der Waals surface area contributed by atoms with Crippen LogP contribution in [0.25, 0.3) is 0 Å². The van der Waals surface area contributed by atoms with Crippen molar-refractivity contribution in [1.82, 2.24) is 4.90 Å². The maximum atomic E-state index is 9.35. The molecule has 0 unspecified atom stereocenters. The third kappa shape index (κ3) is 3.22. The van der Waals surface area contributed by atoms with Crippen LogP contribution in [0.15, 0.2) is 35.0 Å². The Balaban J connectivity index is 1.98. The molecule has 1 heterocycles. The van der Waals surface area contributed by atoms with Crippen molar-refractivity contribution in [2.45, 2.75) is 13.1 Å². The highest BCUT2D eigenvalue weighted by Gasteiger charge is 2.04. The van der Waals surface area contributed by atoms with Gasteiger partial charge in [-0.2, -0.15) is 11.3 Å². The summed E-state index contributed by atoms with van der Waals surface area (Å²) in [6.07, 6.45) is 0. The summed E-state index contributed by atoms with van der Waals surface area (Å²) in [5, 5.41) is 13.6. The summed E-state index contributed by atoms with van der Waals surface area (Å²) in [6, 6.07) is 7.49. The number of hydrogen-bond donors (Lipinski definition) is 2. The molecule has 0 aliphatic heterocycles. The number of phenolic OH excluding ortho intramolecular Hbond substituents is 1. The molecule has 0 saturated heterocycles. The lowest BCUT2D eigenvalue weighted by Crippen LogP contribution is -2.16. The average Bonchev–Trinajstić information content (AvgIpc) is 2.76. The summed E-state index contributed by atoms with van der Waals surface area (Å²) in [5.74, 6) is 0.147. The summed E-state index contributed by atoms with van der Waals surface area (Å²) in [4.78, 5) is 2.22. The molecular weight excluding hydrogens is 232 g/mol. The van der Waals surface area contributed by atoms with Gasteiger partial charge < -0.3 is 10.8 Å². The first-order chi connectivity index (χ1) is 8.15. The van der Waals surface area contributed by atoms with Crippen LogP contribution >= 0.6 is 11.3 Å². The van der Waals surface area contributed by atoms with Crippen LogP contribution in [0.2, 0.25) is 0 Å².